The highest BCUT2D eigenvalue weighted by molar-refractivity contribution is 7.89. The topological polar surface area (TPSA) is 88.3 Å². The largest absolute Gasteiger partial charge is 0.338 e. The van der Waals surface area contributed by atoms with Crippen LogP contribution in [0.2, 0.25) is 0 Å². The third-order valence-corrected chi connectivity index (χ3v) is 6.00. The SMILES string of the molecule is CCCS(=O)(=O)NC1CCN([C@H](C)c2nc(C(C)(C)C)no2)CC1. The fraction of sp³-hybridized carbons (Fsp3) is 0.875. The van der Waals surface area contributed by atoms with Gasteiger partial charge in [-0.05, 0) is 26.2 Å². The van der Waals surface area contributed by atoms with Crippen LogP contribution in [-0.2, 0) is 15.4 Å². The summed E-state index contributed by atoms with van der Waals surface area (Å²) in [6, 6.07) is 0.0691. The van der Waals surface area contributed by atoms with Gasteiger partial charge in [-0.15, -0.1) is 0 Å². The molecule has 138 valence electrons. The molecule has 0 aromatic carbocycles. The van der Waals surface area contributed by atoms with Crippen LogP contribution < -0.4 is 4.72 Å². The van der Waals surface area contributed by atoms with Crippen molar-refractivity contribution >= 4 is 10.0 Å². The van der Waals surface area contributed by atoms with Crippen molar-refractivity contribution in [2.45, 2.75) is 71.4 Å². The van der Waals surface area contributed by atoms with E-state index in [4.69, 9.17) is 4.52 Å². The van der Waals surface area contributed by atoms with E-state index in [9.17, 15) is 8.42 Å². The van der Waals surface area contributed by atoms with Crippen LogP contribution in [0, 0.1) is 0 Å². The zero-order chi connectivity index (χ0) is 18.0. The van der Waals surface area contributed by atoms with E-state index in [2.05, 4.69) is 47.5 Å². The van der Waals surface area contributed by atoms with Gasteiger partial charge < -0.3 is 4.52 Å². The summed E-state index contributed by atoms with van der Waals surface area (Å²) >= 11 is 0. The van der Waals surface area contributed by atoms with Gasteiger partial charge in [0.2, 0.25) is 15.9 Å². The molecule has 1 aliphatic rings. The van der Waals surface area contributed by atoms with E-state index in [1.54, 1.807) is 0 Å². The minimum atomic E-state index is -3.14. The lowest BCUT2D eigenvalue weighted by Crippen LogP contribution is -2.45. The van der Waals surface area contributed by atoms with Crippen LogP contribution in [0.15, 0.2) is 4.52 Å². The molecule has 2 heterocycles. The second kappa shape index (κ2) is 7.49. The van der Waals surface area contributed by atoms with Gasteiger partial charge in [-0.3, -0.25) is 4.90 Å². The molecule has 0 spiro atoms. The maximum atomic E-state index is 11.9. The van der Waals surface area contributed by atoms with Gasteiger partial charge in [0, 0.05) is 24.5 Å². The smallest absolute Gasteiger partial charge is 0.243 e. The minimum absolute atomic E-state index is 0.0258. The van der Waals surface area contributed by atoms with Gasteiger partial charge in [-0.25, -0.2) is 13.1 Å². The first-order chi connectivity index (χ1) is 11.1. The molecule has 24 heavy (non-hydrogen) atoms. The Morgan fingerprint density at radius 3 is 2.46 bits per heavy atom. The lowest BCUT2D eigenvalue weighted by atomic mass is 9.96. The molecule has 1 atom stereocenters. The molecule has 0 bridgehead atoms. The van der Waals surface area contributed by atoms with Crippen molar-refractivity contribution in [3.8, 4) is 0 Å². The second-order valence-electron chi connectivity index (χ2n) is 7.63. The number of nitrogens with zero attached hydrogens (tertiary/aromatic N) is 3. The molecule has 0 saturated carbocycles. The number of piperidine rings is 1. The minimum Gasteiger partial charge on any atom is -0.338 e. The van der Waals surface area contributed by atoms with Gasteiger partial charge in [0.05, 0.1) is 11.8 Å². The summed E-state index contributed by atoms with van der Waals surface area (Å²) in [6.07, 6.45) is 2.24. The van der Waals surface area contributed by atoms with Gasteiger partial charge in [0.1, 0.15) is 0 Å². The molecular weight excluding hydrogens is 328 g/mol. The van der Waals surface area contributed by atoms with Crippen LogP contribution in [0.5, 0.6) is 0 Å². The van der Waals surface area contributed by atoms with Crippen molar-refractivity contribution in [2.24, 2.45) is 0 Å². The molecule has 1 N–H and O–H groups in total. The molecule has 1 saturated heterocycles. The summed E-state index contributed by atoms with van der Waals surface area (Å²) in [6.45, 7) is 11.7. The van der Waals surface area contributed by atoms with E-state index in [-0.39, 0.29) is 23.3 Å². The maximum Gasteiger partial charge on any atom is 0.243 e. The fourth-order valence-corrected chi connectivity index (χ4v) is 4.25. The predicted molar refractivity (Wildman–Crippen MR) is 93.2 cm³/mol. The third-order valence-electron chi connectivity index (χ3n) is 4.37. The van der Waals surface area contributed by atoms with Gasteiger partial charge in [-0.1, -0.05) is 32.9 Å². The molecule has 1 fully saturated rings. The number of hydrogen-bond donors (Lipinski definition) is 1. The molecule has 8 heteroatoms. The van der Waals surface area contributed by atoms with E-state index in [1.165, 1.54) is 0 Å². The van der Waals surface area contributed by atoms with E-state index < -0.39 is 10.0 Å². The Morgan fingerprint density at radius 2 is 1.96 bits per heavy atom. The number of hydrogen-bond acceptors (Lipinski definition) is 6. The first kappa shape index (κ1) is 19.3. The lowest BCUT2D eigenvalue weighted by molar-refractivity contribution is 0.134. The fourth-order valence-electron chi connectivity index (χ4n) is 2.85. The molecule has 0 amide bonds. The molecule has 0 radical (unpaired) electrons. The van der Waals surface area contributed by atoms with Gasteiger partial charge in [0.25, 0.3) is 0 Å². The van der Waals surface area contributed by atoms with Gasteiger partial charge in [0.15, 0.2) is 5.82 Å². The summed E-state index contributed by atoms with van der Waals surface area (Å²) in [5, 5.41) is 4.08. The Balaban J connectivity index is 1.91. The maximum absolute atomic E-state index is 11.9. The number of nitrogens with one attached hydrogen (secondary N) is 1. The average Bonchev–Trinajstić information content (AvgIpc) is 2.96. The zero-order valence-corrected chi connectivity index (χ0v) is 16.2. The van der Waals surface area contributed by atoms with E-state index >= 15 is 0 Å². The van der Waals surface area contributed by atoms with Crippen molar-refractivity contribution in [3.05, 3.63) is 11.7 Å². The van der Waals surface area contributed by atoms with E-state index in [0.717, 1.165) is 25.9 Å². The number of rotatable bonds is 6. The van der Waals surface area contributed by atoms with Crippen molar-refractivity contribution < 1.29 is 12.9 Å². The normalized spacial score (nSPS) is 19.5. The molecule has 7 nitrogen and oxygen atoms in total. The van der Waals surface area contributed by atoms with E-state index in [1.807, 2.05) is 6.92 Å². The quantitative estimate of drug-likeness (QED) is 0.839. The summed E-state index contributed by atoms with van der Waals surface area (Å²) < 4.78 is 32.0. The Labute approximate surface area is 145 Å². The average molecular weight is 359 g/mol. The predicted octanol–water partition coefficient (Wildman–Crippen LogP) is 2.22. The third kappa shape index (κ3) is 5.00. The van der Waals surface area contributed by atoms with Crippen LogP contribution in [0.4, 0.5) is 0 Å². The van der Waals surface area contributed by atoms with Crippen LogP contribution >= 0.6 is 0 Å². The molecule has 1 aliphatic heterocycles. The molecule has 2 rings (SSSR count). The highest BCUT2D eigenvalue weighted by atomic mass is 32.2. The number of likely N-dealkylation sites (tertiary alicyclic amines) is 1. The van der Waals surface area contributed by atoms with E-state index in [0.29, 0.717) is 18.1 Å². The lowest BCUT2D eigenvalue weighted by Gasteiger charge is -2.34. The van der Waals surface area contributed by atoms with Crippen LogP contribution in [0.25, 0.3) is 0 Å². The highest BCUT2D eigenvalue weighted by Crippen LogP contribution is 2.26. The first-order valence-electron chi connectivity index (χ1n) is 8.70. The number of sulfonamides is 1. The van der Waals surface area contributed by atoms with Crippen molar-refractivity contribution in [1.29, 1.82) is 0 Å². The monoisotopic (exact) mass is 358 g/mol. The summed E-state index contributed by atoms with van der Waals surface area (Å²) in [5.74, 6) is 1.54. The van der Waals surface area contributed by atoms with Crippen molar-refractivity contribution in [2.75, 3.05) is 18.8 Å². The van der Waals surface area contributed by atoms with Gasteiger partial charge in [-0.2, -0.15) is 4.98 Å². The van der Waals surface area contributed by atoms with Crippen LogP contribution in [-0.4, -0.2) is 48.3 Å². The van der Waals surface area contributed by atoms with Crippen molar-refractivity contribution in [1.82, 2.24) is 19.8 Å². The standard InChI is InChI=1S/C16H30N4O3S/c1-6-11-24(21,22)19-13-7-9-20(10-8-13)12(2)14-17-15(18-23-14)16(3,4)5/h12-13,19H,6-11H2,1-5H3/t12-/m1/s1. The molecule has 0 unspecified atom stereocenters. The Bertz CT molecular complexity index is 628. The first-order valence-corrected chi connectivity index (χ1v) is 10.4. The summed E-state index contributed by atoms with van der Waals surface area (Å²) in [4.78, 5) is 6.80. The van der Waals surface area contributed by atoms with Crippen LogP contribution in [0.3, 0.4) is 0 Å². The Morgan fingerprint density at radius 1 is 1.33 bits per heavy atom. The Kier molecular flexibility index (Phi) is 6.04. The Hall–Kier alpha value is -0.990. The molecule has 0 aliphatic carbocycles. The van der Waals surface area contributed by atoms with Crippen LogP contribution in [0.1, 0.15) is 71.6 Å². The van der Waals surface area contributed by atoms with Crippen molar-refractivity contribution in [3.63, 3.8) is 0 Å². The second-order valence-corrected chi connectivity index (χ2v) is 9.50. The van der Waals surface area contributed by atoms with Gasteiger partial charge >= 0.3 is 0 Å². The number of aromatic nitrogens is 2. The summed E-state index contributed by atoms with van der Waals surface area (Å²) in [7, 11) is -3.14. The molecular formula is C16H30N4O3S. The highest BCUT2D eigenvalue weighted by Gasteiger charge is 2.30. The molecule has 1 aromatic heterocycles. The zero-order valence-electron chi connectivity index (χ0n) is 15.4. The molecule has 1 aromatic rings. The summed E-state index contributed by atoms with van der Waals surface area (Å²) in [5.41, 5.74) is -0.133.